The van der Waals surface area contributed by atoms with Crippen LogP contribution in [0.5, 0.6) is 0 Å². The third kappa shape index (κ3) is 2.09. The van der Waals surface area contributed by atoms with Crippen molar-refractivity contribution < 1.29 is 20.1 Å². The van der Waals surface area contributed by atoms with E-state index in [0.717, 1.165) is 4.57 Å². The predicted octanol–water partition coefficient (Wildman–Crippen LogP) is -2.86. The van der Waals surface area contributed by atoms with Crippen molar-refractivity contribution in [3.05, 3.63) is 22.7 Å². The number of nitrogens with one attached hydrogen (secondary N) is 1. The number of hydrogen-bond donors (Lipinski definition) is 5. The van der Waals surface area contributed by atoms with Gasteiger partial charge in [0.05, 0.1) is 6.61 Å². The molecule has 18 heavy (non-hydrogen) atoms. The van der Waals surface area contributed by atoms with Crippen LogP contribution in [0.2, 0.25) is 0 Å². The summed E-state index contributed by atoms with van der Waals surface area (Å²) in [6, 6.07) is 1.41. The van der Waals surface area contributed by atoms with Gasteiger partial charge in [-0.3, -0.25) is 4.57 Å². The van der Waals surface area contributed by atoms with Gasteiger partial charge in [-0.05, 0) is 6.07 Å². The number of aliphatic hydroxyl groups excluding tert-OH is 3. The van der Waals surface area contributed by atoms with Gasteiger partial charge in [0, 0.05) is 6.20 Å². The van der Waals surface area contributed by atoms with E-state index < -0.39 is 36.8 Å². The first-order chi connectivity index (χ1) is 8.58. The predicted molar refractivity (Wildman–Crippen MR) is 59.3 cm³/mol. The van der Waals surface area contributed by atoms with Crippen LogP contribution < -0.4 is 17.0 Å². The van der Waals surface area contributed by atoms with Gasteiger partial charge in [-0.1, -0.05) is 0 Å². The van der Waals surface area contributed by atoms with Gasteiger partial charge in [0.2, 0.25) is 0 Å². The van der Waals surface area contributed by atoms with Crippen molar-refractivity contribution in [1.29, 1.82) is 0 Å². The van der Waals surface area contributed by atoms with Crippen LogP contribution in [-0.2, 0) is 4.74 Å². The van der Waals surface area contributed by atoms with Gasteiger partial charge >= 0.3 is 5.69 Å². The van der Waals surface area contributed by atoms with Crippen molar-refractivity contribution >= 4 is 5.82 Å². The van der Waals surface area contributed by atoms with Crippen molar-refractivity contribution in [1.82, 2.24) is 9.55 Å². The summed E-state index contributed by atoms with van der Waals surface area (Å²) in [5.41, 5.74) is 1.51. The molecule has 9 nitrogen and oxygen atoms in total. The van der Waals surface area contributed by atoms with Crippen LogP contribution in [0.4, 0.5) is 5.82 Å². The van der Waals surface area contributed by atoms with E-state index in [4.69, 9.17) is 15.7 Å². The first-order valence-electron chi connectivity index (χ1n) is 5.26. The largest absolute Gasteiger partial charge is 0.394 e. The van der Waals surface area contributed by atoms with Crippen LogP contribution in [0.15, 0.2) is 17.1 Å². The number of nitrogens with zero attached hydrogens (tertiary/aromatic N) is 2. The summed E-state index contributed by atoms with van der Waals surface area (Å²) in [5.74, 6) is 5.27. The van der Waals surface area contributed by atoms with E-state index in [-0.39, 0.29) is 5.82 Å². The first-order valence-corrected chi connectivity index (χ1v) is 5.26. The molecule has 0 radical (unpaired) electrons. The molecule has 100 valence electrons. The lowest BCUT2D eigenvalue weighted by molar-refractivity contribution is -0.0549. The summed E-state index contributed by atoms with van der Waals surface area (Å²) >= 11 is 0. The maximum absolute atomic E-state index is 11.7. The van der Waals surface area contributed by atoms with Gasteiger partial charge in [0.25, 0.3) is 0 Å². The molecule has 0 saturated carbocycles. The average Bonchev–Trinajstić information content (AvgIpc) is 2.66. The van der Waals surface area contributed by atoms with Gasteiger partial charge in [0.15, 0.2) is 6.23 Å². The molecule has 0 bridgehead atoms. The van der Waals surface area contributed by atoms with Crippen molar-refractivity contribution in [2.75, 3.05) is 12.0 Å². The molecule has 0 aromatic carbocycles. The highest BCUT2D eigenvalue weighted by atomic mass is 16.6. The fourth-order valence-corrected chi connectivity index (χ4v) is 1.80. The summed E-state index contributed by atoms with van der Waals surface area (Å²) in [5, 5.41) is 28.3. The van der Waals surface area contributed by atoms with Gasteiger partial charge < -0.3 is 25.5 Å². The van der Waals surface area contributed by atoms with E-state index in [9.17, 15) is 15.0 Å². The van der Waals surface area contributed by atoms with Crippen molar-refractivity contribution in [3.8, 4) is 0 Å². The van der Waals surface area contributed by atoms with Crippen molar-refractivity contribution in [2.24, 2.45) is 5.84 Å². The highest BCUT2D eigenvalue weighted by Crippen LogP contribution is 2.27. The number of hydrazine groups is 1. The lowest BCUT2D eigenvalue weighted by Gasteiger charge is -2.17. The standard InChI is InChI=1S/C9H14N4O5/c10-12-5-1-2-13(9(17)11-5)8-7(16)6(15)4(3-14)18-8/h1-2,4,6-8,14-16H,3,10H2,(H,11,12,17)/t4-,6+,7-,8+/m0/s1. The molecule has 1 aromatic rings. The summed E-state index contributed by atoms with van der Waals surface area (Å²) in [4.78, 5) is 15.2. The van der Waals surface area contributed by atoms with Crippen molar-refractivity contribution in [3.63, 3.8) is 0 Å². The number of anilines is 1. The van der Waals surface area contributed by atoms with Crippen LogP contribution in [0.1, 0.15) is 6.23 Å². The Bertz CT molecular complexity index is 478. The second-order valence-electron chi connectivity index (χ2n) is 3.88. The molecule has 0 amide bonds. The van der Waals surface area contributed by atoms with E-state index in [1.807, 2.05) is 0 Å². The molecule has 1 aliphatic heterocycles. The van der Waals surface area contributed by atoms with Gasteiger partial charge in [-0.2, -0.15) is 4.98 Å². The number of nitrogen functional groups attached to an aromatic ring is 1. The third-order valence-corrected chi connectivity index (χ3v) is 2.77. The van der Waals surface area contributed by atoms with Gasteiger partial charge in [0.1, 0.15) is 24.1 Å². The summed E-state index contributed by atoms with van der Waals surface area (Å²) < 4.78 is 6.22. The molecule has 0 unspecified atom stereocenters. The van der Waals surface area contributed by atoms with E-state index in [1.165, 1.54) is 12.3 Å². The van der Waals surface area contributed by atoms with Crippen LogP contribution in [-0.4, -0.2) is 49.8 Å². The smallest absolute Gasteiger partial charge is 0.351 e. The van der Waals surface area contributed by atoms with Crippen LogP contribution in [0, 0.1) is 0 Å². The lowest BCUT2D eigenvalue weighted by Crippen LogP contribution is -2.36. The topological polar surface area (TPSA) is 143 Å². The Morgan fingerprint density at radius 3 is 2.72 bits per heavy atom. The third-order valence-electron chi connectivity index (χ3n) is 2.77. The Morgan fingerprint density at radius 1 is 1.50 bits per heavy atom. The number of aromatic nitrogens is 2. The number of ether oxygens (including phenoxy) is 1. The summed E-state index contributed by atoms with van der Waals surface area (Å²) in [7, 11) is 0. The average molecular weight is 258 g/mol. The second kappa shape index (κ2) is 5.00. The molecule has 0 spiro atoms. The Balaban J connectivity index is 2.30. The zero-order chi connectivity index (χ0) is 13.3. The molecular formula is C9H14N4O5. The minimum Gasteiger partial charge on any atom is -0.394 e. The zero-order valence-corrected chi connectivity index (χ0v) is 9.30. The molecule has 2 heterocycles. The molecule has 1 fully saturated rings. The fourth-order valence-electron chi connectivity index (χ4n) is 1.80. The first kappa shape index (κ1) is 12.9. The minimum absolute atomic E-state index is 0.169. The Morgan fingerprint density at radius 2 is 2.22 bits per heavy atom. The second-order valence-corrected chi connectivity index (χ2v) is 3.88. The number of aliphatic hydroxyl groups is 3. The molecule has 1 aromatic heterocycles. The number of rotatable bonds is 3. The van der Waals surface area contributed by atoms with Crippen LogP contribution in [0.25, 0.3) is 0 Å². The van der Waals surface area contributed by atoms with Crippen LogP contribution >= 0.6 is 0 Å². The Kier molecular flexibility index (Phi) is 3.59. The molecule has 2 rings (SSSR count). The highest BCUT2D eigenvalue weighted by Gasteiger charge is 2.43. The monoisotopic (exact) mass is 258 g/mol. The molecule has 4 atom stereocenters. The molecular weight excluding hydrogens is 244 g/mol. The van der Waals surface area contributed by atoms with Crippen LogP contribution in [0.3, 0.4) is 0 Å². The maximum Gasteiger partial charge on any atom is 0.351 e. The number of nitrogens with two attached hydrogens (primary N) is 1. The SMILES string of the molecule is NNc1ccn([C@@H]2O[C@@H](CO)[C@@H](O)[C@@H]2O)c(=O)n1. The van der Waals surface area contributed by atoms with Gasteiger partial charge in [-0.25, -0.2) is 10.6 Å². The zero-order valence-electron chi connectivity index (χ0n) is 9.30. The van der Waals surface area contributed by atoms with E-state index in [2.05, 4.69) is 10.4 Å². The summed E-state index contributed by atoms with van der Waals surface area (Å²) in [6.45, 7) is -0.459. The summed E-state index contributed by atoms with van der Waals surface area (Å²) in [6.07, 6.45) is -3.30. The van der Waals surface area contributed by atoms with E-state index in [0.29, 0.717) is 0 Å². The molecule has 9 heteroatoms. The van der Waals surface area contributed by atoms with Crippen molar-refractivity contribution in [2.45, 2.75) is 24.5 Å². The Hall–Kier alpha value is -1.52. The lowest BCUT2D eigenvalue weighted by atomic mass is 10.1. The minimum atomic E-state index is -1.32. The maximum atomic E-state index is 11.7. The molecule has 0 aliphatic carbocycles. The molecule has 1 aliphatic rings. The quantitative estimate of drug-likeness (QED) is 0.288. The highest BCUT2D eigenvalue weighted by molar-refractivity contribution is 5.29. The van der Waals surface area contributed by atoms with E-state index >= 15 is 0 Å². The van der Waals surface area contributed by atoms with E-state index in [1.54, 1.807) is 0 Å². The Labute approximate surface area is 101 Å². The normalized spacial score (nSPS) is 31.6. The fraction of sp³-hybridized carbons (Fsp3) is 0.556. The van der Waals surface area contributed by atoms with Gasteiger partial charge in [-0.15, -0.1) is 0 Å². The molecule has 1 saturated heterocycles. The molecule has 6 N–H and O–H groups in total. The number of hydrogen-bond acceptors (Lipinski definition) is 8.